The first-order valence-electron chi connectivity index (χ1n) is 7.68. The van der Waals surface area contributed by atoms with Gasteiger partial charge < -0.3 is 10.2 Å². The van der Waals surface area contributed by atoms with Gasteiger partial charge >= 0.3 is 0 Å². The van der Waals surface area contributed by atoms with Crippen molar-refractivity contribution in [3.8, 4) is 6.07 Å². The first-order chi connectivity index (χ1) is 10.6. The van der Waals surface area contributed by atoms with Crippen LogP contribution in [-0.2, 0) is 14.8 Å². The van der Waals surface area contributed by atoms with Crippen molar-refractivity contribution in [3.63, 3.8) is 0 Å². The van der Waals surface area contributed by atoms with Crippen LogP contribution in [0.4, 0.5) is 4.39 Å². The molecule has 1 N–H and O–H groups in total. The number of alkyl halides is 1. The fraction of sp³-hybridized carbons (Fsp3) is 0.857. The van der Waals surface area contributed by atoms with Crippen LogP contribution in [0.5, 0.6) is 0 Å². The van der Waals surface area contributed by atoms with Gasteiger partial charge in [0.1, 0.15) is 12.2 Å². The highest BCUT2D eigenvalue weighted by Crippen LogP contribution is 2.24. The summed E-state index contributed by atoms with van der Waals surface area (Å²) >= 11 is 0. The lowest BCUT2D eigenvalue weighted by molar-refractivity contribution is -0.130. The van der Waals surface area contributed by atoms with Crippen LogP contribution >= 0.6 is 0 Å². The number of amides is 1. The fourth-order valence-electron chi connectivity index (χ4n) is 3.06. The van der Waals surface area contributed by atoms with E-state index in [1.807, 2.05) is 13.0 Å². The molecule has 130 valence electrons. The van der Waals surface area contributed by atoms with Gasteiger partial charge in [0.25, 0.3) is 0 Å². The molecule has 2 aliphatic rings. The molecule has 2 atom stereocenters. The van der Waals surface area contributed by atoms with Crippen molar-refractivity contribution in [2.45, 2.75) is 43.9 Å². The number of halogens is 1. The number of nitrogens with zero attached hydrogens (tertiary/aromatic N) is 3. The van der Waals surface area contributed by atoms with E-state index >= 15 is 0 Å². The van der Waals surface area contributed by atoms with Crippen molar-refractivity contribution in [3.05, 3.63) is 0 Å². The molecule has 2 fully saturated rings. The molecule has 0 aromatic heterocycles. The summed E-state index contributed by atoms with van der Waals surface area (Å²) in [6.45, 7) is 2.77. The van der Waals surface area contributed by atoms with E-state index in [2.05, 4.69) is 5.32 Å². The molecule has 0 radical (unpaired) electrons. The number of likely N-dealkylation sites (tertiary alicyclic amines) is 1. The smallest absolute Gasteiger partial charge is 0.237 e. The zero-order valence-electron chi connectivity index (χ0n) is 13.5. The molecular weight excluding hydrogens is 323 g/mol. The van der Waals surface area contributed by atoms with Gasteiger partial charge in [-0.25, -0.2) is 17.1 Å². The lowest BCUT2D eigenvalue weighted by Crippen LogP contribution is -2.55. The monoisotopic (exact) mass is 346 g/mol. The van der Waals surface area contributed by atoms with Gasteiger partial charge in [0, 0.05) is 25.0 Å². The van der Waals surface area contributed by atoms with E-state index in [9.17, 15) is 17.6 Å². The summed E-state index contributed by atoms with van der Waals surface area (Å²) in [7, 11) is -3.18. The van der Waals surface area contributed by atoms with E-state index < -0.39 is 22.2 Å². The molecule has 23 heavy (non-hydrogen) atoms. The Kier molecular flexibility index (Phi) is 5.28. The third kappa shape index (κ3) is 4.40. The SMILES string of the molecule is CC1(NCC(=O)N2C[C@H](F)C[C@H]2C#N)CCN(S(C)(=O)=O)CC1. The average Bonchev–Trinajstić information content (AvgIpc) is 2.85. The zero-order valence-corrected chi connectivity index (χ0v) is 14.3. The van der Waals surface area contributed by atoms with E-state index in [0.29, 0.717) is 25.9 Å². The first-order valence-corrected chi connectivity index (χ1v) is 9.53. The number of carbonyl (C=O) groups is 1. The lowest BCUT2D eigenvalue weighted by Gasteiger charge is -2.39. The topological polar surface area (TPSA) is 93.5 Å². The Morgan fingerprint density at radius 3 is 2.57 bits per heavy atom. The second-order valence-electron chi connectivity index (χ2n) is 6.60. The molecule has 2 rings (SSSR count). The Morgan fingerprint density at radius 1 is 1.43 bits per heavy atom. The summed E-state index contributed by atoms with van der Waals surface area (Å²) in [5.41, 5.74) is -0.339. The minimum atomic E-state index is -3.18. The third-order valence-corrected chi connectivity index (χ3v) is 5.98. The number of rotatable bonds is 4. The molecule has 0 aromatic carbocycles. The number of nitriles is 1. The second-order valence-corrected chi connectivity index (χ2v) is 8.58. The molecule has 0 unspecified atom stereocenters. The van der Waals surface area contributed by atoms with Gasteiger partial charge in [0.15, 0.2) is 0 Å². The van der Waals surface area contributed by atoms with Crippen molar-refractivity contribution in [1.29, 1.82) is 5.26 Å². The molecular formula is C14H23FN4O3S. The molecule has 1 amide bonds. The van der Waals surface area contributed by atoms with Crippen molar-refractivity contribution in [2.24, 2.45) is 0 Å². The predicted octanol–water partition coefficient (Wildman–Crippen LogP) is -0.147. The lowest BCUT2D eigenvalue weighted by atomic mass is 9.90. The molecule has 7 nitrogen and oxygen atoms in total. The van der Waals surface area contributed by atoms with Crippen LogP contribution in [-0.4, -0.2) is 73.7 Å². The Morgan fingerprint density at radius 2 is 2.04 bits per heavy atom. The zero-order chi connectivity index (χ0) is 17.3. The Hall–Kier alpha value is -1.24. The minimum Gasteiger partial charge on any atom is -0.323 e. The number of carbonyl (C=O) groups excluding carboxylic acids is 1. The fourth-order valence-corrected chi connectivity index (χ4v) is 3.91. The summed E-state index contributed by atoms with van der Waals surface area (Å²) in [5.74, 6) is -0.288. The number of hydrogen-bond donors (Lipinski definition) is 1. The van der Waals surface area contributed by atoms with Crippen molar-refractivity contribution in [1.82, 2.24) is 14.5 Å². The minimum absolute atomic E-state index is 0.0281. The summed E-state index contributed by atoms with van der Waals surface area (Å²) < 4.78 is 37.8. The molecule has 2 aliphatic heterocycles. The summed E-state index contributed by atoms with van der Waals surface area (Å²) in [4.78, 5) is 13.5. The highest BCUT2D eigenvalue weighted by Gasteiger charge is 2.37. The largest absolute Gasteiger partial charge is 0.323 e. The van der Waals surface area contributed by atoms with Gasteiger partial charge in [-0.15, -0.1) is 0 Å². The number of hydrogen-bond acceptors (Lipinski definition) is 5. The van der Waals surface area contributed by atoms with Gasteiger partial charge in [-0.2, -0.15) is 5.26 Å². The molecule has 2 saturated heterocycles. The van der Waals surface area contributed by atoms with Gasteiger partial charge in [-0.1, -0.05) is 0 Å². The Labute approximate surface area is 136 Å². The summed E-state index contributed by atoms with van der Waals surface area (Å²) in [5, 5.41) is 12.1. The predicted molar refractivity (Wildman–Crippen MR) is 82.7 cm³/mol. The van der Waals surface area contributed by atoms with E-state index in [1.165, 1.54) is 15.5 Å². The van der Waals surface area contributed by atoms with Crippen LogP contribution in [0.15, 0.2) is 0 Å². The van der Waals surface area contributed by atoms with Crippen LogP contribution in [0.2, 0.25) is 0 Å². The third-order valence-electron chi connectivity index (χ3n) is 4.68. The van der Waals surface area contributed by atoms with Crippen molar-refractivity contribution < 1.29 is 17.6 Å². The molecule has 9 heteroatoms. The van der Waals surface area contributed by atoms with Crippen LogP contribution in [0, 0.1) is 11.3 Å². The number of piperidine rings is 1. The highest BCUT2D eigenvalue weighted by atomic mass is 32.2. The van der Waals surface area contributed by atoms with Crippen molar-refractivity contribution in [2.75, 3.05) is 32.4 Å². The van der Waals surface area contributed by atoms with Gasteiger partial charge in [-0.05, 0) is 19.8 Å². The van der Waals surface area contributed by atoms with Crippen molar-refractivity contribution >= 4 is 15.9 Å². The van der Waals surface area contributed by atoms with Crippen LogP contribution < -0.4 is 5.32 Å². The quantitative estimate of drug-likeness (QED) is 0.764. The molecule has 0 spiro atoms. The van der Waals surface area contributed by atoms with E-state index in [4.69, 9.17) is 5.26 Å². The van der Waals surface area contributed by atoms with E-state index in [1.54, 1.807) is 0 Å². The van der Waals surface area contributed by atoms with Crippen LogP contribution in [0.3, 0.4) is 0 Å². The maximum atomic E-state index is 13.4. The van der Waals surface area contributed by atoms with Gasteiger partial charge in [-0.3, -0.25) is 4.79 Å². The number of nitrogens with one attached hydrogen (secondary N) is 1. The Balaban J connectivity index is 1.86. The normalized spacial score (nSPS) is 28.5. The van der Waals surface area contributed by atoms with E-state index in [0.717, 1.165) is 0 Å². The number of sulfonamides is 1. The van der Waals surface area contributed by atoms with Gasteiger partial charge in [0.05, 0.1) is 25.4 Å². The molecule has 0 saturated carbocycles. The van der Waals surface area contributed by atoms with Crippen LogP contribution in [0.1, 0.15) is 26.2 Å². The standard InChI is InChI=1S/C14H23FN4O3S/c1-14(3-5-18(6-4-14)23(2,21)22)17-9-13(20)19-10-11(15)7-12(19)8-16/h11-12,17H,3-7,9-10H2,1-2H3/t11-,12+/m1/s1. The molecule has 0 aromatic rings. The molecule has 0 bridgehead atoms. The van der Waals surface area contributed by atoms with E-state index in [-0.39, 0.29) is 31.0 Å². The second kappa shape index (κ2) is 6.71. The average molecular weight is 346 g/mol. The first kappa shape index (κ1) is 18.1. The summed E-state index contributed by atoms with van der Waals surface area (Å²) in [6, 6.07) is 1.26. The maximum absolute atomic E-state index is 13.4. The van der Waals surface area contributed by atoms with Crippen LogP contribution in [0.25, 0.3) is 0 Å². The highest BCUT2D eigenvalue weighted by molar-refractivity contribution is 7.88. The Bertz CT molecular complexity index is 596. The molecule has 0 aliphatic carbocycles. The van der Waals surface area contributed by atoms with Gasteiger partial charge in [0.2, 0.25) is 15.9 Å². The maximum Gasteiger partial charge on any atom is 0.237 e. The summed E-state index contributed by atoms with van der Waals surface area (Å²) in [6.07, 6.45) is 1.32. The molecule has 2 heterocycles.